The van der Waals surface area contributed by atoms with Crippen molar-refractivity contribution in [1.82, 2.24) is 10.2 Å². The minimum atomic E-state index is -3.42. The molecule has 1 aliphatic heterocycles. The number of carbonyl (C=O) groups is 1. The number of hydrogen-bond donors (Lipinski definition) is 1. The van der Waals surface area contributed by atoms with Crippen molar-refractivity contribution in [2.24, 2.45) is 0 Å². The average Bonchev–Trinajstić information content (AvgIpc) is 2.36. The summed E-state index contributed by atoms with van der Waals surface area (Å²) in [6, 6.07) is -0.137. The van der Waals surface area contributed by atoms with Crippen molar-refractivity contribution in [3.63, 3.8) is 0 Å². The van der Waals surface area contributed by atoms with Crippen molar-refractivity contribution in [3.05, 3.63) is 0 Å². The Balaban J connectivity index is 2.44. The first-order valence-electron chi connectivity index (χ1n) is 7.59. The molecule has 1 saturated heterocycles. The highest BCUT2D eigenvalue weighted by Crippen LogP contribution is 2.15. The van der Waals surface area contributed by atoms with E-state index in [4.69, 9.17) is 13.7 Å². The van der Waals surface area contributed by atoms with Gasteiger partial charge in [-0.3, -0.25) is 9.08 Å². The molecule has 8 nitrogen and oxygen atoms in total. The van der Waals surface area contributed by atoms with Crippen molar-refractivity contribution in [1.29, 1.82) is 0 Å². The first-order valence-corrected chi connectivity index (χ1v) is 9.41. The summed E-state index contributed by atoms with van der Waals surface area (Å²) in [5.41, 5.74) is -0.545. The molecule has 1 fully saturated rings. The number of nitrogens with one attached hydrogen (secondary N) is 1. The van der Waals surface area contributed by atoms with E-state index in [9.17, 15) is 13.2 Å². The van der Waals surface area contributed by atoms with Gasteiger partial charge in [-0.05, 0) is 27.2 Å². The fraction of sp³-hybridized carbons (Fsp3) is 0.929. The largest absolute Gasteiger partial charge is 0.444 e. The lowest BCUT2D eigenvalue weighted by atomic mass is 10.0. The molecule has 0 saturated carbocycles. The van der Waals surface area contributed by atoms with Gasteiger partial charge in [0.1, 0.15) is 5.60 Å². The Hall–Kier alpha value is -0.900. The second-order valence-electron chi connectivity index (χ2n) is 6.64. The van der Waals surface area contributed by atoms with Crippen LogP contribution in [0.5, 0.6) is 0 Å². The summed E-state index contributed by atoms with van der Waals surface area (Å²) in [7, 11) is -1.83. The topological polar surface area (TPSA) is 94.2 Å². The number of hydrogen-bond acceptors (Lipinski definition) is 7. The first-order chi connectivity index (χ1) is 10.5. The molecule has 1 aliphatic rings. The maximum absolute atomic E-state index is 11.9. The average molecular weight is 352 g/mol. The lowest BCUT2D eigenvalue weighted by Gasteiger charge is -2.38. The third kappa shape index (κ3) is 8.50. The Labute approximate surface area is 138 Å². The lowest BCUT2D eigenvalue weighted by molar-refractivity contribution is -0.00472. The van der Waals surface area contributed by atoms with Crippen LogP contribution in [0.4, 0.5) is 4.79 Å². The maximum Gasteiger partial charge on any atom is 0.407 e. The molecule has 1 heterocycles. The van der Waals surface area contributed by atoms with Crippen molar-refractivity contribution < 1.29 is 26.9 Å². The molecule has 9 heteroatoms. The van der Waals surface area contributed by atoms with E-state index in [1.807, 2.05) is 25.7 Å². The molecule has 1 N–H and O–H groups in total. The second kappa shape index (κ2) is 8.27. The molecule has 23 heavy (non-hydrogen) atoms. The second-order valence-corrected chi connectivity index (χ2v) is 8.29. The summed E-state index contributed by atoms with van der Waals surface area (Å²) >= 11 is 0. The van der Waals surface area contributed by atoms with E-state index in [-0.39, 0.29) is 18.8 Å². The van der Waals surface area contributed by atoms with Gasteiger partial charge in [0.05, 0.1) is 25.0 Å². The lowest BCUT2D eigenvalue weighted by Crippen LogP contribution is -2.55. The fourth-order valence-corrected chi connectivity index (χ4v) is 2.74. The van der Waals surface area contributed by atoms with E-state index in [0.717, 1.165) is 6.26 Å². The third-order valence-corrected chi connectivity index (χ3v) is 3.95. The normalized spacial score (nSPS) is 23.5. The minimum absolute atomic E-state index is 0.111. The first kappa shape index (κ1) is 20.1. The van der Waals surface area contributed by atoms with Gasteiger partial charge in [-0.2, -0.15) is 8.42 Å². The third-order valence-electron chi connectivity index (χ3n) is 3.35. The van der Waals surface area contributed by atoms with Crippen molar-refractivity contribution >= 4 is 16.2 Å². The zero-order chi connectivity index (χ0) is 17.7. The zero-order valence-corrected chi connectivity index (χ0v) is 15.3. The van der Waals surface area contributed by atoms with E-state index in [0.29, 0.717) is 26.1 Å². The molecule has 1 rings (SSSR count). The predicted octanol–water partition coefficient (Wildman–Crippen LogP) is 0.577. The molecule has 0 aromatic heterocycles. The monoisotopic (exact) mass is 352 g/mol. The number of methoxy groups -OCH3 is 1. The summed E-state index contributed by atoms with van der Waals surface area (Å²) in [5, 5.41) is 2.84. The summed E-state index contributed by atoms with van der Waals surface area (Å²) in [4.78, 5) is 13.9. The van der Waals surface area contributed by atoms with Crippen molar-refractivity contribution in [2.75, 3.05) is 39.6 Å². The number of carbonyl (C=O) groups excluding carboxylic acids is 1. The van der Waals surface area contributed by atoms with Crippen LogP contribution in [0.25, 0.3) is 0 Å². The molecule has 0 bridgehead atoms. The Morgan fingerprint density at radius 3 is 2.52 bits per heavy atom. The Morgan fingerprint density at radius 1 is 1.35 bits per heavy atom. The highest BCUT2D eigenvalue weighted by molar-refractivity contribution is 7.85. The van der Waals surface area contributed by atoms with Crippen LogP contribution in [0.3, 0.4) is 0 Å². The molecular formula is C14H28N2O6S. The molecule has 0 aliphatic carbocycles. The molecule has 0 aromatic carbocycles. The molecule has 2 unspecified atom stereocenters. The standard InChI is InChI=1S/C14H28N2O6S/c1-14(2,3)22-13(17)15-11-6-7-16(10-12(11)20-4)8-9-21-23(5,18)19/h11-12H,6-10H2,1-5H3,(H,15,17). The van der Waals surface area contributed by atoms with Crippen LogP contribution in [0.15, 0.2) is 0 Å². The van der Waals surface area contributed by atoms with Crippen LogP contribution in [0, 0.1) is 0 Å². The predicted molar refractivity (Wildman–Crippen MR) is 85.8 cm³/mol. The highest BCUT2D eigenvalue weighted by atomic mass is 32.2. The molecular weight excluding hydrogens is 324 g/mol. The van der Waals surface area contributed by atoms with E-state index in [2.05, 4.69) is 5.32 Å². The van der Waals surface area contributed by atoms with Crippen molar-refractivity contribution in [3.8, 4) is 0 Å². The molecule has 1 amide bonds. The minimum Gasteiger partial charge on any atom is -0.444 e. The Bertz CT molecular complexity index is 488. The number of ether oxygens (including phenoxy) is 2. The summed E-state index contributed by atoms with van der Waals surface area (Å²) in [6.45, 7) is 7.34. The van der Waals surface area contributed by atoms with Crippen LogP contribution >= 0.6 is 0 Å². The van der Waals surface area contributed by atoms with Crippen molar-refractivity contribution in [2.45, 2.75) is 44.9 Å². The van der Waals surface area contributed by atoms with E-state index in [1.165, 1.54) is 0 Å². The number of piperidine rings is 1. The van der Waals surface area contributed by atoms with E-state index >= 15 is 0 Å². The van der Waals surface area contributed by atoms with Gasteiger partial charge in [-0.25, -0.2) is 4.79 Å². The van der Waals surface area contributed by atoms with E-state index < -0.39 is 21.8 Å². The van der Waals surface area contributed by atoms with Gasteiger partial charge < -0.3 is 14.8 Å². The Morgan fingerprint density at radius 2 is 2.00 bits per heavy atom. The molecule has 0 spiro atoms. The van der Waals surface area contributed by atoms with Crippen LogP contribution < -0.4 is 5.32 Å². The molecule has 0 aromatic rings. The number of alkyl carbamates (subject to hydrolysis) is 1. The summed E-state index contributed by atoms with van der Waals surface area (Å²) < 4.78 is 37.4. The fourth-order valence-electron chi connectivity index (χ4n) is 2.36. The van der Waals surface area contributed by atoms with Gasteiger partial charge in [0, 0.05) is 26.7 Å². The highest BCUT2D eigenvalue weighted by Gasteiger charge is 2.31. The molecule has 0 radical (unpaired) electrons. The number of likely N-dealkylation sites (tertiary alicyclic amines) is 1. The number of rotatable bonds is 6. The molecule has 2 atom stereocenters. The number of nitrogens with zero attached hydrogens (tertiary/aromatic N) is 1. The maximum atomic E-state index is 11.9. The quantitative estimate of drug-likeness (QED) is 0.699. The van der Waals surface area contributed by atoms with Crippen LogP contribution in [0.2, 0.25) is 0 Å². The van der Waals surface area contributed by atoms with Crippen LogP contribution in [0.1, 0.15) is 27.2 Å². The summed E-state index contributed by atoms with van der Waals surface area (Å²) in [5.74, 6) is 0. The van der Waals surface area contributed by atoms with Crippen LogP contribution in [-0.2, 0) is 23.8 Å². The van der Waals surface area contributed by atoms with Gasteiger partial charge in [0.2, 0.25) is 0 Å². The number of amides is 1. The van der Waals surface area contributed by atoms with Gasteiger partial charge in [0.25, 0.3) is 10.1 Å². The molecule has 136 valence electrons. The summed E-state index contributed by atoms with van der Waals surface area (Å²) in [6.07, 6.45) is 1.08. The SMILES string of the molecule is COC1CN(CCOS(C)(=O)=O)CCC1NC(=O)OC(C)(C)C. The van der Waals surface area contributed by atoms with Gasteiger partial charge in [-0.1, -0.05) is 0 Å². The van der Waals surface area contributed by atoms with Gasteiger partial charge >= 0.3 is 6.09 Å². The van der Waals surface area contributed by atoms with Gasteiger partial charge in [-0.15, -0.1) is 0 Å². The zero-order valence-electron chi connectivity index (χ0n) is 14.5. The Kier molecular flexibility index (Phi) is 7.25. The van der Waals surface area contributed by atoms with E-state index in [1.54, 1.807) is 7.11 Å². The smallest absolute Gasteiger partial charge is 0.407 e. The van der Waals surface area contributed by atoms with Crippen LogP contribution in [-0.4, -0.2) is 76.8 Å². The van der Waals surface area contributed by atoms with Gasteiger partial charge in [0.15, 0.2) is 0 Å².